The van der Waals surface area contributed by atoms with Gasteiger partial charge in [0.2, 0.25) is 0 Å². The maximum Gasteiger partial charge on any atom is 0.109 e. The van der Waals surface area contributed by atoms with Crippen LogP contribution in [-0.2, 0) is 13.5 Å². The van der Waals surface area contributed by atoms with Crippen LogP contribution < -0.4 is 10.6 Å². The number of fused-ring (bicyclic) bond motifs is 1. The topological polar surface area (TPSA) is 41.9 Å². The van der Waals surface area contributed by atoms with E-state index in [1.165, 1.54) is 37.3 Å². The van der Waals surface area contributed by atoms with E-state index in [0.717, 1.165) is 37.4 Å². The zero-order valence-electron chi connectivity index (χ0n) is 12.9. The average molecular weight is 286 g/mol. The molecule has 2 heterocycles. The highest BCUT2D eigenvalue weighted by atomic mass is 15.1. The lowest BCUT2D eigenvalue weighted by Crippen LogP contribution is -2.36. The van der Waals surface area contributed by atoms with E-state index >= 15 is 0 Å². The number of benzene rings is 1. The first kappa shape index (κ1) is 14.5. The number of nitrogens with zero attached hydrogens (tertiary/aromatic N) is 2. The molecule has 0 spiro atoms. The van der Waals surface area contributed by atoms with Crippen LogP contribution in [0.3, 0.4) is 0 Å². The van der Waals surface area contributed by atoms with Crippen molar-refractivity contribution in [3.05, 3.63) is 30.1 Å². The van der Waals surface area contributed by atoms with Gasteiger partial charge in [0.15, 0.2) is 0 Å². The fourth-order valence-corrected chi connectivity index (χ4v) is 3.19. The molecule has 0 amide bonds. The smallest absolute Gasteiger partial charge is 0.109 e. The molecule has 1 unspecified atom stereocenters. The van der Waals surface area contributed by atoms with Crippen molar-refractivity contribution < 1.29 is 0 Å². The van der Waals surface area contributed by atoms with Gasteiger partial charge in [0.05, 0.1) is 11.0 Å². The number of imidazole rings is 1. The van der Waals surface area contributed by atoms with E-state index in [9.17, 15) is 0 Å². The maximum atomic E-state index is 4.72. The predicted molar refractivity (Wildman–Crippen MR) is 87.5 cm³/mol. The lowest BCUT2D eigenvalue weighted by atomic mass is 10.00. The lowest BCUT2D eigenvalue weighted by Gasteiger charge is -2.22. The number of para-hydroxylation sites is 2. The Balaban J connectivity index is 1.43. The molecule has 0 aliphatic carbocycles. The fourth-order valence-electron chi connectivity index (χ4n) is 3.19. The number of hydrogen-bond acceptors (Lipinski definition) is 3. The summed E-state index contributed by atoms with van der Waals surface area (Å²) >= 11 is 0. The lowest BCUT2D eigenvalue weighted by molar-refractivity contribution is 0.360. The third kappa shape index (κ3) is 3.63. The van der Waals surface area contributed by atoms with Gasteiger partial charge in [-0.05, 0) is 63.5 Å². The van der Waals surface area contributed by atoms with Gasteiger partial charge in [-0.2, -0.15) is 0 Å². The van der Waals surface area contributed by atoms with Crippen molar-refractivity contribution in [2.75, 3.05) is 26.2 Å². The van der Waals surface area contributed by atoms with E-state index in [1.807, 2.05) is 0 Å². The Hall–Kier alpha value is -1.39. The molecule has 0 radical (unpaired) electrons. The zero-order valence-corrected chi connectivity index (χ0v) is 12.9. The molecule has 1 aromatic heterocycles. The molecule has 2 N–H and O–H groups in total. The van der Waals surface area contributed by atoms with Crippen molar-refractivity contribution in [2.45, 2.75) is 25.7 Å². The molecule has 2 aromatic rings. The van der Waals surface area contributed by atoms with Crippen molar-refractivity contribution in [1.82, 2.24) is 20.2 Å². The molecule has 0 bridgehead atoms. The second-order valence-corrected chi connectivity index (χ2v) is 6.10. The first-order chi connectivity index (χ1) is 10.3. The number of piperidine rings is 1. The molecule has 3 rings (SSSR count). The third-order valence-electron chi connectivity index (χ3n) is 4.47. The summed E-state index contributed by atoms with van der Waals surface area (Å²) in [4.78, 5) is 4.72. The highest BCUT2D eigenvalue weighted by molar-refractivity contribution is 5.75. The van der Waals surface area contributed by atoms with Crippen LogP contribution >= 0.6 is 0 Å². The van der Waals surface area contributed by atoms with Crippen molar-refractivity contribution in [3.63, 3.8) is 0 Å². The average Bonchev–Trinajstić information content (AvgIpc) is 2.85. The van der Waals surface area contributed by atoms with Crippen LogP contribution in [-0.4, -0.2) is 35.7 Å². The summed E-state index contributed by atoms with van der Waals surface area (Å²) < 4.78 is 2.22. The highest BCUT2D eigenvalue weighted by Crippen LogP contribution is 2.15. The second-order valence-electron chi connectivity index (χ2n) is 6.10. The minimum absolute atomic E-state index is 0.814. The van der Waals surface area contributed by atoms with Crippen LogP contribution in [0, 0.1) is 5.92 Å². The normalized spacial score (nSPS) is 19.2. The molecular weight excluding hydrogens is 260 g/mol. The number of aromatic nitrogens is 2. The van der Waals surface area contributed by atoms with Crippen molar-refractivity contribution in [2.24, 2.45) is 13.0 Å². The van der Waals surface area contributed by atoms with Crippen LogP contribution in [0.25, 0.3) is 11.0 Å². The minimum Gasteiger partial charge on any atom is -0.331 e. The van der Waals surface area contributed by atoms with Crippen LogP contribution in [0.1, 0.15) is 25.1 Å². The molecule has 1 aliphatic heterocycles. The first-order valence-corrected chi connectivity index (χ1v) is 8.16. The molecule has 1 fully saturated rings. The molecule has 1 atom stereocenters. The van der Waals surface area contributed by atoms with E-state index in [-0.39, 0.29) is 0 Å². The van der Waals surface area contributed by atoms with Gasteiger partial charge in [0.1, 0.15) is 5.82 Å². The van der Waals surface area contributed by atoms with Crippen LogP contribution in [0.2, 0.25) is 0 Å². The Kier molecular flexibility index (Phi) is 4.88. The Bertz CT molecular complexity index is 569. The number of rotatable bonds is 6. The molecule has 1 aromatic carbocycles. The number of nitrogens with one attached hydrogen (secondary N) is 2. The molecule has 4 nitrogen and oxygen atoms in total. The fraction of sp³-hybridized carbons (Fsp3) is 0.588. The largest absolute Gasteiger partial charge is 0.331 e. The summed E-state index contributed by atoms with van der Waals surface area (Å²) in [7, 11) is 2.12. The number of hydrogen-bond donors (Lipinski definition) is 2. The Morgan fingerprint density at radius 3 is 3.10 bits per heavy atom. The van der Waals surface area contributed by atoms with Gasteiger partial charge in [-0.25, -0.2) is 4.98 Å². The van der Waals surface area contributed by atoms with Crippen molar-refractivity contribution >= 4 is 11.0 Å². The van der Waals surface area contributed by atoms with E-state index in [2.05, 4.69) is 46.5 Å². The predicted octanol–water partition coefficient (Wildman–Crippen LogP) is 2.10. The van der Waals surface area contributed by atoms with Crippen molar-refractivity contribution in [3.8, 4) is 0 Å². The van der Waals surface area contributed by atoms with Gasteiger partial charge in [0.25, 0.3) is 0 Å². The molecule has 1 aliphatic rings. The maximum absolute atomic E-state index is 4.72. The summed E-state index contributed by atoms with van der Waals surface area (Å²) in [5, 5.41) is 7.07. The minimum atomic E-state index is 0.814. The molecule has 1 saturated heterocycles. The van der Waals surface area contributed by atoms with E-state index < -0.39 is 0 Å². The molecular formula is C17H26N4. The Morgan fingerprint density at radius 1 is 1.38 bits per heavy atom. The quantitative estimate of drug-likeness (QED) is 0.799. The molecule has 114 valence electrons. The van der Waals surface area contributed by atoms with E-state index in [1.54, 1.807) is 0 Å². The monoisotopic (exact) mass is 286 g/mol. The number of aryl methyl sites for hydroxylation is 2. The third-order valence-corrected chi connectivity index (χ3v) is 4.47. The van der Waals surface area contributed by atoms with Gasteiger partial charge in [-0.3, -0.25) is 0 Å². The molecule has 4 heteroatoms. The van der Waals surface area contributed by atoms with Gasteiger partial charge < -0.3 is 15.2 Å². The Labute approximate surface area is 126 Å². The zero-order chi connectivity index (χ0) is 14.5. The van der Waals surface area contributed by atoms with E-state index in [0.29, 0.717) is 0 Å². The highest BCUT2D eigenvalue weighted by Gasteiger charge is 2.12. The van der Waals surface area contributed by atoms with Gasteiger partial charge in [-0.1, -0.05) is 12.1 Å². The first-order valence-electron chi connectivity index (χ1n) is 8.16. The second kappa shape index (κ2) is 7.05. The van der Waals surface area contributed by atoms with Crippen LogP contribution in [0.15, 0.2) is 24.3 Å². The summed E-state index contributed by atoms with van der Waals surface area (Å²) in [5.41, 5.74) is 2.34. The summed E-state index contributed by atoms with van der Waals surface area (Å²) in [6.45, 7) is 4.61. The van der Waals surface area contributed by atoms with Crippen LogP contribution in [0.5, 0.6) is 0 Å². The summed E-state index contributed by atoms with van der Waals surface area (Å²) in [6, 6.07) is 8.36. The standard InChI is InChI=1S/C17H26N4/c1-21-16-8-3-2-7-15(16)20-17(21)9-5-11-19-13-14-6-4-10-18-12-14/h2-3,7-8,14,18-19H,4-6,9-13H2,1H3. The van der Waals surface area contributed by atoms with Crippen molar-refractivity contribution in [1.29, 1.82) is 0 Å². The van der Waals surface area contributed by atoms with Gasteiger partial charge in [0, 0.05) is 13.5 Å². The van der Waals surface area contributed by atoms with E-state index in [4.69, 9.17) is 4.98 Å². The van der Waals surface area contributed by atoms with Gasteiger partial charge in [-0.15, -0.1) is 0 Å². The summed E-state index contributed by atoms with van der Waals surface area (Å²) in [6.07, 6.45) is 4.88. The molecule has 0 saturated carbocycles. The SMILES string of the molecule is Cn1c(CCCNCC2CCCNC2)nc2ccccc21. The Morgan fingerprint density at radius 2 is 2.29 bits per heavy atom. The van der Waals surface area contributed by atoms with Gasteiger partial charge >= 0.3 is 0 Å². The summed E-state index contributed by atoms with van der Waals surface area (Å²) in [5.74, 6) is 2.01. The molecule has 21 heavy (non-hydrogen) atoms. The van der Waals surface area contributed by atoms with Crippen LogP contribution in [0.4, 0.5) is 0 Å².